The molecule has 1 unspecified atom stereocenters. The highest BCUT2D eigenvalue weighted by atomic mass is 35.5. The van der Waals surface area contributed by atoms with Crippen LogP contribution < -0.4 is 10.1 Å². The number of methoxy groups -OCH3 is 1. The molecule has 2 nitrogen and oxygen atoms in total. The van der Waals surface area contributed by atoms with Gasteiger partial charge in [0.15, 0.2) is 0 Å². The zero-order valence-electron chi connectivity index (χ0n) is 10.6. The van der Waals surface area contributed by atoms with E-state index in [2.05, 4.69) is 12.2 Å². The summed E-state index contributed by atoms with van der Waals surface area (Å²) in [6.45, 7) is 4.31. The van der Waals surface area contributed by atoms with Crippen LogP contribution in [0.5, 0.6) is 5.75 Å². The summed E-state index contributed by atoms with van der Waals surface area (Å²) in [4.78, 5) is 0. The minimum Gasteiger partial charge on any atom is -0.496 e. The lowest BCUT2D eigenvalue weighted by atomic mass is 9.91. The molecule has 1 aliphatic rings. The maximum Gasteiger partial charge on any atom is 0.126 e. The molecule has 0 aliphatic carbocycles. The molecule has 1 aliphatic heterocycles. The monoisotopic (exact) mass is 253 g/mol. The molecule has 1 saturated heterocycles. The average molecular weight is 254 g/mol. The zero-order chi connectivity index (χ0) is 12.3. The molecule has 3 heteroatoms. The maximum atomic E-state index is 6.30. The summed E-state index contributed by atoms with van der Waals surface area (Å²) < 4.78 is 5.49. The molecule has 17 heavy (non-hydrogen) atoms. The summed E-state index contributed by atoms with van der Waals surface area (Å²) in [5.74, 6) is 1.64. The first-order chi connectivity index (χ1) is 8.22. The predicted octanol–water partition coefficient (Wildman–Crippen LogP) is 3.20. The number of hydrogen-bond donors (Lipinski definition) is 1. The van der Waals surface area contributed by atoms with E-state index >= 15 is 0 Å². The van der Waals surface area contributed by atoms with Gasteiger partial charge in [0.25, 0.3) is 0 Å². The van der Waals surface area contributed by atoms with Crippen molar-refractivity contribution >= 4 is 11.6 Å². The Morgan fingerprint density at radius 1 is 1.47 bits per heavy atom. The highest BCUT2D eigenvalue weighted by molar-refractivity contribution is 6.31. The Bertz CT molecular complexity index is 386. The van der Waals surface area contributed by atoms with E-state index in [0.717, 1.165) is 35.8 Å². The first-order valence-electron chi connectivity index (χ1n) is 6.25. The van der Waals surface area contributed by atoms with Crippen molar-refractivity contribution in [2.45, 2.75) is 26.2 Å². The second-order valence-corrected chi connectivity index (χ2v) is 5.20. The van der Waals surface area contributed by atoms with Crippen LogP contribution in [0.1, 0.15) is 24.0 Å². The van der Waals surface area contributed by atoms with E-state index in [1.165, 1.54) is 18.4 Å². The van der Waals surface area contributed by atoms with Gasteiger partial charge in [-0.1, -0.05) is 17.7 Å². The molecule has 1 heterocycles. The van der Waals surface area contributed by atoms with Crippen molar-refractivity contribution in [3.8, 4) is 5.75 Å². The average Bonchev–Trinajstić information content (AvgIpc) is 2.35. The highest BCUT2D eigenvalue weighted by Gasteiger charge is 2.18. The summed E-state index contributed by atoms with van der Waals surface area (Å²) in [5, 5.41) is 4.27. The van der Waals surface area contributed by atoms with Crippen LogP contribution in [0.3, 0.4) is 0 Å². The zero-order valence-corrected chi connectivity index (χ0v) is 11.3. The topological polar surface area (TPSA) is 21.3 Å². The fraction of sp³-hybridized carbons (Fsp3) is 0.571. The van der Waals surface area contributed by atoms with Crippen molar-refractivity contribution < 1.29 is 4.74 Å². The van der Waals surface area contributed by atoms with Crippen molar-refractivity contribution in [2.24, 2.45) is 5.92 Å². The van der Waals surface area contributed by atoms with Gasteiger partial charge in [-0.3, -0.25) is 0 Å². The molecular weight excluding hydrogens is 234 g/mol. The fourth-order valence-electron chi connectivity index (χ4n) is 2.58. The Hall–Kier alpha value is -0.730. The molecule has 1 N–H and O–H groups in total. The molecule has 1 aromatic rings. The van der Waals surface area contributed by atoms with E-state index in [-0.39, 0.29) is 0 Å². The van der Waals surface area contributed by atoms with Crippen LogP contribution >= 0.6 is 11.6 Å². The van der Waals surface area contributed by atoms with Crippen LogP contribution in [0.25, 0.3) is 0 Å². The first-order valence-corrected chi connectivity index (χ1v) is 6.63. The summed E-state index contributed by atoms with van der Waals surface area (Å²) in [7, 11) is 1.72. The molecule has 0 bridgehead atoms. The molecule has 0 radical (unpaired) electrons. The van der Waals surface area contributed by atoms with Crippen molar-refractivity contribution in [2.75, 3.05) is 20.2 Å². The first kappa shape index (κ1) is 12.7. The third-order valence-corrected chi connectivity index (χ3v) is 3.85. The number of hydrogen-bond acceptors (Lipinski definition) is 2. The van der Waals surface area contributed by atoms with Crippen LogP contribution in [0, 0.1) is 12.8 Å². The molecule has 1 fully saturated rings. The lowest BCUT2D eigenvalue weighted by Gasteiger charge is -2.24. The Kier molecular flexibility index (Phi) is 4.30. The molecule has 0 spiro atoms. The summed E-state index contributed by atoms with van der Waals surface area (Å²) in [5.41, 5.74) is 2.33. The molecular formula is C14H20ClNO. The molecule has 0 saturated carbocycles. The Labute approximate surface area is 108 Å². The number of nitrogens with one attached hydrogen (secondary N) is 1. The van der Waals surface area contributed by atoms with Crippen molar-refractivity contribution in [1.82, 2.24) is 5.32 Å². The second kappa shape index (κ2) is 5.74. The minimum absolute atomic E-state index is 0.678. The van der Waals surface area contributed by atoms with Crippen molar-refractivity contribution in [1.29, 1.82) is 0 Å². The third-order valence-electron chi connectivity index (χ3n) is 3.50. The van der Waals surface area contributed by atoms with Gasteiger partial charge < -0.3 is 10.1 Å². The minimum atomic E-state index is 0.678. The molecule has 94 valence electrons. The Morgan fingerprint density at radius 3 is 2.94 bits per heavy atom. The number of ether oxygens (including phenoxy) is 1. The molecule has 2 rings (SSSR count). The van der Waals surface area contributed by atoms with E-state index in [9.17, 15) is 0 Å². The highest BCUT2D eigenvalue weighted by Crippen LogP contribution is 2.33. The SMILES string of the molecule is COc1c(C)ccc(Cl)c1CC1CCCNC1. The number of rotatable bonds is 3. The van der Waals surface area contributed by atoms with E-state index in [1.807, 2.05) is 12.1 Å². The number of benzene rings is 1. The van der Waals surface area contributed by atoms with E-state index in [4.69, 9.17) is 16.3 Å². The van der Waals surface area contributed by atoms with Gasteiger partial charge in [-0.2, -0.15) is 0 Å². The lowest BCUT2D eigenvalue weighted by molar-refractivity contribution is 0.363. The van der Waals surface area contributed by atoms with E-state index in [1.54, 1.807) is 7.11 Å². The van der Waals surface area contributed by atoms with Gasteiger partial charge in [0.1, 0.15) is 5.75 Å². The second-order valence-electron chi connectivity index (χ2n) is 4.79. The largest absolute Gasteiger partial charge is 0.496 e. The van der Waals surface area contributed by atoms with Gasteiger partial charge in [-0.05, 0) is 56.8 Å². The van der Waals surface area contributed by atoms with Gasteiger partial charge >= 0.3 is 0 Å². The molecule has 1 atom stereocenters. The lowest BCUT2D eigenvalue weighted by Crippen LogP contribution is -2.31. The van der Waals surface area contributed by atoms with Gasteiger partial charge in [0.05, 0.1) is 7.11 Å². The predicted molar refractivity (Wildman–Crippen MR) is 72.0 cm³/mol. The quantitative estimate of drug-likeness (QED) is 0.893. The van der Waals surface area contributed by atoms with Crippen LogP contribution in [0.15, 0.2) is 12.1 Å². The smallest absolute Gasteiger partial charge is 0.126 e. The number of halogens is 1. The number of piperidine rings is 1. The fourth-order valence-corrected chi connectivity index (χ4v) is 2.81. The standard InChI is InChI=1S/C14H20ClNO/c1-10-5-6-13(15)12(14(10)17-2)8-11-4-3-7-16-9-11/h5-6,11,16H,3-4,7-9H2,1-2H3. The van der Waals surface area contributed by atoms with Gasteiger partial charge in [0.2, 0.25) is 0 Å². The summed E-state index contributed by atoms with van der Waals surface area (Å²) in [6, 6.07) is 3.99. The summed E-state index contributed by atoms with van der Waals surface area (Å²) >= 11 is 6.30. The Morgan fingerprint density at radius 2 is 2.29 bits per heavy atom. The molecule has 0 amide bonds. The van der Waals surface area contributed by atoms with Gasteiger partial charge in [-0.25, -0.2) is 0 Å². The van der Waals surface area contributed by atoms with Crippen molar-refractivity contribution in [3.05, 3.63) is 28.3 Å². The number of aryl methyl sites for hydroxylation is 1. The van der Waals surface area contributed by atoms with Crippen molar-refractivity contribution in [3.63, 3.8) is 0 Å². The molecule has 0 aromatic heterocycles. The van der Waals surface area contributed by atoms with Crippen LogP contribution in [0.2, 0.25) is 5.02 Å². The third kappa shape index (κ3) is 2.93. The van der Waals surface area contributed by atoms with Gasteiger partial charge in [0, 0.05) is 10.6 Å². The van der Waals surface area contributed by atoms with E-state index in [0.29, 0.717) is 5.92 Å². The van der Waals surface area contributed by atoms with Crippen LogP contribution in [-0.4, -0.2) is 20.2 Å². The maximum absolute atomic E-state index is 6.30. The van der Waals surface area contributed by atoms with Crippen LogP contribution in [0.4, 0.5) is 0 Å². The Balaban J connectivity index is 2.21. The normalized spacial score (nSPS) is 20.3. The van der Waals surface area contributed by atoms with E-state index < -0.39 is 0 Å². The molecule has 1 aromatic carbocycles. The van der Waals surface area contributed by atoms with Crippen LogP contribution in [-0.2, 0) is 6.42 Å². The van der Waals surface area contributed by atoms with Gasteiger partial charge in [-0.15, -0.1) is 0 Å². The summed E-state index contributed by atoms with van der Waals surface area (Å²) in [6.07, 6.45) is 3.55.